The summed E-state index contributed by atoms with van der Waals surface area (Å²) in [6.07, 6.45) is -2.68. The number of rotatable bonds is 6. The maximum absolute atomic E-state index is 12.9. The second-order valence-electron chi connectivity index (χ2n) is 4.48. The number of nitrogens with zero attached hydrogens (tertiary/aromatic N) is 1. The summed E-state index contributed by atoms with van der Waals surface area (Å²) in [7, 11) is 0. The van der Waals surface area contributed by atoms with Crippen LogP contribution in [0.15, 0.2) is 18.2 Å². The van der Waals surface area contributed by atoms with Crippen LogP contribution in [-0.2, 0) is 12.8 Å². The topological polar surface area (TPSA) is 23.5 Å². The van der Waals surface area contributed by atoms with Crippen molar-refractivity contribution in [2.45, 2.75) is 39.5 Å². The lowest BCUT2D eigenvalue weighted by Gasteiger charge is -2.25. The van der Waals surface area contributed by atoms with Crippen LogP contribution < -0.4 is 4.90 Å². The highest BCUT2D eigenvalue weighted by Gasteiger charge is 2.33. The van der Waals surface area contributed by atoms with Gasteiger partial charge >= 0.3 is 6.18 Å². The van der Waals surface area contributed by atoms with Gasteiger partial charge in [0, 0.05) is 18.8 Å². The summed E-state index contributed by atoms with van der Waals surface area (Å²) < 4.78 is 38.8. The minimum atomic E-state index is -4.43. The number of hydrogen-bond acceptors (Lipinski definition) is 2. The summed E-state index contributed by atoms with van der Waals surface area (Å²) in [6.45, 7) is 4.84. The zero-order valence-electron chi connectivity index (χ0n) is 11.3. The molecule has 0 unspecified atom stereocenters. The average molecular weight is 275 g/mol. The molecule has 0 atom stereocenters. The molecule has 0 heterocycles. The van der Waals surface area contributed by atoms with Crippen LogP contribution in [0.4, 0.5) is 18.9 Å². The minimum absolute atomic E-state index is 0.0794. The van der Waals surface area contributed by atoms with E-state index in [-0.39, 0.29) is 5.56 Å². The number of halogens is 3. The van der Waals surface area contributed by atoms with Gasteiger partial charge in [-0.15, -0.1) is 0 Å². The number of benzene rings is 1. The normalized spacial score (nSPS) is 11.7. The molecule has 0 spiro atoms. The Hall–Kier alpha value is -1.23. The molecule has 0 aromatic heterocycles. The molecule has 2 nitrogen and oxygen atoms in total. The van der Waals surface area contributed by atoms with Gasteiger partial charge in [-0.3, -0.25) is 0 Å². The Labute approximate surface area is 111 Å². The lowest BCUT2D eigenvalue weighted by Crippen LogP contribution is -2.25. The Kier molecular flexibility index (Phi) is 5.66. The molecule has 0 amide bonds. The van der Waals surface area contributed by atoms with Crippen LogP contribution in [0, 0.1) is 0 Å². The molecule has 108 valence electrons. The Morgan fingerprint density at radius 2 is 1.68 bits per heavy atom. The van der Waals surface area contributed by atoms with Crippen LogP contribution in [0.1, 0.15) is 37.8 Å². The zero-order chi connectivity index (χ0) is 14.5. The summed E-state index contributed by atoms with van der Waals surface area (Å²) >= 11 is 0. The first kappa shape index (κ1) is 15.8. The van der Waals surface area contributed by atoms with E-state index in [4.69, 9.17) is 5.11 Å². The van der Waals surface area contributed by atoms with E-state index in [1.165, 1.54) is 6.07 Å². The van der Waals surface area contributed by atoms with Gasteiger partial charge in [0.1, 0.15) is 0 Å². The highest BCUT2D eigenvalue weighted by molar-refractivity contribution is 5.51. The fourth-order valence-electron chi connectivity index (χ4n) is 2.07. The maximum atomic E-state index is 12.9. The Morgan fingerprint density at radius 3 is 2.11 bits per heavy atom. The molecule has 19 heavy (non-hydrogen) atoms. The van der Waals surface area contributed by atoms with Gasteiger partial charge < -0.3 is 10.0 Å². The molecule has 0 radical (unpaired) electrons. The molecule has 1 aromatic rings. The van der Waals surface area contributed by atoms with Gasteiger partial charge in [0.2, 0.25) is 0 Å². The largest absolute Gasteiger partial charge is 0.416 e. The minimum Gasteiger partial charge on any atom is -0.392 e. The molecule has 0 fully saturated rings. The van der Waals surface area contributed by atoms with Crippen LogP contribution in [0.2, 0.25) is 0 Å². The predicted octanol–water partition coefficient (Wildman–Crippen LogP) is 3.82. The van der Waals surface area contributed by atoms with Crippen molar-refractivity contribution >= 4 is 5.69 Å². The maximum Gasteiger partial charge on any atom is 0.416 e. The summed E-state index contributed by atoms with van der Waals surface area (Å²) in [6, 6.07) is 4.14. The zero-order valence-corrected chi connectivity index (χ0v) is 11.3. The summed E-state index contributed by atoms with van der Waals surface area (Å²) in [5.74, 6) is 0. The Morgan fingerprint density at radius 1 is 1.11 bits per heavy atom. The van der Waals surface area contributed by atoms with E-state index in [2.05, 4.69) is 0 Å². The summed E-state index contributed by atoms with van der Waals surface area (Å²) in [5, 5.41) is 9.00. The third kappa shape index (κ3) is 4.13. The number of aliphatic hydroxyl groups excluding tert-OH is 1. The van der Waals surface area contributed by atoms with Gasteiger partial charge in [-0.05, 0) is 30.5 Å². The first-order valence-electron chi connectivity index (χ1n) is 6.50. The van der Waals surface area contributed by atoms with E-state index in [0.29, 0.717) is 5.69 Å². The van der Waals surface area contributed by atoms with Crippen molar-refractivity contribution in [2.75, 3.05) is 18.0 Å². The highest BCUT2D eigenvalue weighted by Crippen LogP contribution is 2.34. The van der Waals surface area contributed by atoms with Crippen LogP contribution in [-0.4, -0.2) is 18.2 Å². The fraction of sp³-hybridized carbons (Fsp3) is 0.571. The molecule has 0 saturated heterocycles. The molecule has 0 aliphatic carbocycles. The number of alkyl halides is 3. The third-order valence-corrected chi connectivity index (χ3v) is 2.92. The van der Waals surface area contributed by atoms with Crippen molar-refractivity contribution in [3.05, 3.63) is 29.3 Å². The van der Waals surface area contributed by atoms with Crippen molar-refractivity contribution in [2.24, 2.45) is 0 Å². The quantitative estimate of drug-likeness (QED) is 0.853. The summed E-state index contributed by atoms with van der Waals surface area (Å²) in [4.78, 5) is 1.94. The monoisotopic (exact) mass is 275 g/mol. The molecular weight excluding hydrogens is 255 g/mol. The van der Waals surface area contributed by atoms with Gasteiger partial charge in [-0.1, -0.05) is 19.9 Å². The Balaban J connectivity index is 3.15. The second kappa shape index (κ2) is 6.80. The fourth-order valence-corrected chi connectivity index (χ4v) is 2.07. The van der Waals surface area contributed by atoms with E-state index in [9.17, 15) is 13.2 Å². The lowest BCUT2D eigenvalue weighted by atomic mass is 10.1. The van der Waals surface area contributed by atoms with Crippen molar-refractivity contribution in [3.63, 3.8) is 0 Å². The molecule has 0 aliphatic rings. The van der Waals surface area contributed by atoms with Crippen molar-refractivity contribution in [3.8, 4) is 0 Å². The highest BCUT2D eigenvalue weighted by atomic mass is 19.4. The molecule has 0 aliphatic heterocycles. The summed E-state index contributed by atoms with van der Waals surface area (Å²) in [5.41, 5.74) is -0.262. The van der Waals surface area contributed by atoms with Crippen molar-refractivity contribution in [1.29, 1.82) is 0 Å². The molecule has 5 heteroatoms. The van der Waals surface area contributed by atoms with Crippen LogP contribution in [0.25, 0.3) is 0 Å². The molecule has 1 N–H and O–H groups in total. The lowest BCUT2D eigenvalue weighted by molar-refractivity contribution is -0.138. The molecule has 1 rings (SSSR count). The van der Waals surface area contributed by atoms with Crippen molar-refractivity contribution in [1.82, 2.24) is 0 Å². The van der Waals surface area contributed by atoms with Gasteiger partial charge in [0.25, 0.3) is 0 Å². The van der Waals surface area contributed by atoms with E-state index in [1.54, 1.807) is 6.07 Å². The van der Waals surface area contributed by atoms with Crippen LogP contribution in [0.3, 0.4) is 0 Å². The standard InChI is InChI=1S/C14H20F3NO/c1-3-7-18(8-4-2)12-6-5-11(10-19)13(9-12)14(15,16)17/h5-6,9,19H,3-4,7-8,10H2,1-2H3. The third-order valence-electron chi connectivity index (χ3n) is 2.92. The first-order chi connectivity index (χ1) is 8.93. The number of hydrogen-bond donors (Lipinski definition) is 1. The SMILES string of the molecule is CCCN(CCC)c1ccc(CO)c(C(F)(F)F)c1. The van der Waals surface area contributed by atoms with Gasteiger partial charge in [-0.25, -0.2) is 0 Å². The van der Waals surface area contributed by atoms with E-state index >= 15 is 0 Å². The number of aliphatic hydroxyl groups is 1. The smallest absolute Gasteiger partial charge is 0.392 e. The van der Waals surface area contributed by atoms with E-state index < -0.39 is 18.3 Å². The van der Waals surface area contributed by atoms with Gasteiger partial charge in [0.15, 0.2) is 0 Å². The molecule has 1 aromatic carbocycles. The number of anilines is 1. The van der Waals surface area contributed by atoms with Crippen molar-refractivity contribution < 1.29 is 18.3 Å². The van der Waals surface area contributed by atoms with E-state index in [0.717, 1.165) is 32.0 Å². The second-order valence-corrected chi connectivity index (χ2v) is 4.48. The van der Waals surface area contributed by atoms with Crippen LogP contribution >= 0.6 is 0 Å². The molecule has 0 saturated carbocycles. The molecule has 0 bridgehead atoms. The van der Waals surface area contributed by atoms with E-state index in [1.807, 2.05) is 18.7 Å². The van der Waals surface area contributed by atoms with Gasteiger partial charge in [-0.2, -0.15) is 13.2 Å². The van der Waals surface area contributed by atoms with Crippen LogP contribution in [0.5, 0.6) is 0 Å². The first-order valence-corrected chi connectivity index (χ1v) is 6.50. The van der Waals surface area contributed by atoms with Gasteiger partial charge in [0.05, 0.1) is 12.2 Å². The average Bonchev–Trinajstić information content (AvgIpc) is 2.37. The predicted molar refractivity (Wildman–Crippen MR) is 70.2 cm³/mol. The molecular formula is C14H20F3NO. The Bertz CT molecular complexity index is 398.